The van der Waals surface area contributed by atoms with Crippen molar-refractivity contribution < 1.29 is 4.79 Å². The summed E-state index contributed by atoms with van der Waals surface area (Å²) in [6.07, 6.45) is 0. The Bertz CT molecular complexity index is 654. The second-order valence-electron chi connectivity index (χ2n) is 5.76. The third-order valence-corrected chi connectivity index (χ3v) is 4.96. The number of benzene rings is 1. The summed E-state index contributed by atoms with van der Waals surface area (Å²) in [5.41, 5.74) is 2.19. The van der Waals surface area contributed by atoms with Gasteiger partial charge < -0.3 is 5.32 Å². The Labute approximate surface area is 150 Å². The van der Waals surface area contributed by atoms with Crippen LogP contribution in [0.15, 0.2) is 39.7 Å². The van der Waals surface area contributed by atoms with E-state index in [1.807, 2.05) is 35.9 Å². The first-order valence-electron chi connectivity index (χ1n) is 7.60. The summed E-state index contributed by atoms with van der Waals surface area (Å²) >= 11 is 4.95. The van der Waals surface area contributed by atoms with Crippen LogP contribution in [0.4, 0.5) is 0 Å². The van der Waals surface area contributed by atoms with Crippen molar-refractivity contribution in [2.45, 2.75) is 32.2 Å². The monoisotopic (exact) mass is 395 g/mol. The van der Waals surface area contributed by atoms with E-state index in [9.17, 15) is 4.79 Å². The van der Waals surface area contributed by atoms with Crippen LogP contribution in [0.3, 0.4) is 0 Å². The van der Waals surface area contributed by atoms with Crippen LogP contribution >= 0.6 is 27.7 Å². The second-order valence-corrected chi connectivity index (χ2v) is 7.73. The molecule has 1 aromatic heterocycles. The average molecular weight is 396 g/mol. The minimum atomic E-state index is 0.0677. The summed E-state index contributed by atoms with van der Waals surface area (Å²) in [4.78, 5) is 13.0. The fourth-order valence-corrected chi connectivity index (χ4v) is 3.23. The van der Waals surface area contributed by atoms with Crippen LogP contribution in [0.1, 0.15) is 18.3 Å². The van der Waals surface area contributed by atoms with Crippen molar-refractivity contribution in [2.24, 2.45) is 5.92 Å². The third-order valence-electron chi connectivity index (χ3n) is 3.42. The molecule has 0 bridgehead atoms. The minimum Gasteiger partial charge on any atom is -0.355 e. The fraction of sp³-hybridized carbons (Fsp3) is 0.412. The van der Waals surface area contributed by atoms with Crippen molar-refractivity contribution in [1.82, 2.24) is 15.1 Å². The molecule has 2 aromatic rings. The van der Waals surface area contributed by atoms with Crippen LogP contribution in [-0.2, 0) is 11.3 Å². The van der Waals surface area contributed by atoms with E-state index < -0.39 is 0 Å². The zero-order chi connectivity index (χ0) is 16.8. The molecule has 23 heavy (non-hydrogen) atoms. The molecular formula is C17H22BrN3OS. The normalized spacial score (nSPS) is 12.2. The van der Waals surface area contributed by atoms with E-state index in [0.29, 0.717) is 18.2 Å². The predicted octanol–water partition coefficient (Wildman–Crippen LogP) is 3.81. The van der Waals surface area contributed by atoms with Crippen LogP contribution in [-0.4, -0.2) is 28.0 Å². The summed E-state index contributed by atoms with van der Waals surface area (Å²) in [6, 6.07) is 10.1. The van der Waals surface area contributed by atoms with Gasteiger partial charge in [0.2, 0.25) is 5.91 Å². The van der Waals surface area contributed by atoms with Gasteiger partial charge in [0.15, 0.2) is 0 Å². The van der Waals surface area contributed by atoms with E-state index >= 15 is 0 Å². The Kier molecular flexibility index (Phi) is 6.72. The summed E-state index contributed by atoms with van der Waals surface area (Å²) in [5.74, 6) is 0.849. The van der Waals surface area contributed by atoms with E-state index in [0.717, 1.165) is 27.3 Å². The number of aryl methyl sites for hydroxylation is 2. The number of aromatic nitrogens is 2. The largest absolute Gasteiger partial charge is 0.355 e. The smallest absolute Gasteiger partial charge is 0.230 e. The molecule has 0 fully saturated rings. The highest BCUT2D eigenvalue weighted by molar-refractivity contribution is 9.10. The SMILES string of the molecule is Cc1cc(C)n(CC(C)CNC(=O)CSc2ccc(Br)cc2)n1. The molecule has 0 saturated carbocycles. The maximum absolute atomic E-state index is 11.9. The molecule has 0 radical (unpaired) electrons. The molecule has 124 valence electrons. The molecule has 1 unspecified atom stereocenters. The first kappa shape index (κ1) is 18.1. The summed E-state index contributed by atoms with van der Waals surface area (Å²) in [7, 11) is 0. The molecule has 1 amide bonds. The van der Waals surface area contributed by atoms with Gasteiger partial charge in [0.1, 0.15) is 0 Å². The number of rotatable bonds is 7. The molecule has 0 aliphatic rings. The molecule has 6 heteroatoms. The van der Waals surface area contributed by atoms with Gasteiger partial charge in [0, 0.05) is 28.2 Å². The molecule has 2 rings (SSSR count). The molecule has 4 nitrogen and oxygen atoms in total. The number of carbonyl (C=O) groups is 1. The minimum absolute atomic E-state index is 0.0677. The molecule has 0 spiro atoms. The van der Waals surface area contributed by atoms with Gasteiger partial charge in [-0.1, -0.05) is 22.9 Å². The van der Waals surface area contributed by atoms with Crippen LogP contribution in [0.25, 0.3) is 0 Å². The highest BCUT2D eigenvalue weighted by atomic mass is 79.9. The van der Waals surface area contributed by atoms with Crippen molar-refractivity contribution in [3.8, 4) is 0 Å². The molecule has 0 aliphatic carbocycles. The standard InChI is InChI=1S/C17H22BrN3OS/c1-12(10-21-14(3)8-13(2)20-21)9-19-17(22)11-23-16-6-4-15(18)5-7-16/h4-8,12H,9-11H2,1-3H3,(H,19,22). The molecule has 1 N–H and O–H groups in total. The number of thioether (sulfide) groups is 1. The highest BCUT2D eigenvalue weighted by Crippen LogP contribution is 2.20. The second kappa shape index (κ2) is 8.55. The van der Waals surface area contributed by atoms with Crippen molar-refractivity contribution in [3.63, 3.8) is 0 Å². The number of nitrogens with zero attached hydrogens (tertiary/aromatic N) is 2. The Balaban J connectivity index is 1.71. The summed E-state index contributed by atoms with van der Waals surface area (Å²) < 4.78 is 3.05. The predicted molar refractivity (Wildman–Crippen MR) is 98.7 cm³/mol. The lowest BCUT2D eigenvalue weighted by molar-refractivity contribution is -0.118. The Morgan fingerprint density at radius 3 is 2.65 bits per heavy atom. The Morgan fingerprint density at radius 2 is 2.04 bits per heavy atom. The fourth-order valence-electron chi connectivity index (χ4n) is 2.24. The molecule has 0 aliphatic heterocycles. The lowest BCUT2D eigenvalue weighted by Gasteiger charge is -2.14. The van der Waals surface area contributed by atoms with Gasteiger partial charge in [0.25, 0.3) is 0 Å². The summed E-state index contributed by atoms with van der Waals surface area (Å²) in [6.45, 7) is 7.66. The van der Waals surface area contributed by atoms with Crippen LogP contribution in [0.2, 0.25) is 0 Å². The van der Waals surface area contributed by atoms with Crippen molar-refractivity contribution >= 4 is 33.6 Å². The van der Waals surface area contributed by atoms with Gasteiger partial charge in [-0.05, 0) is 50.1 Å². The van der Waals surface area contributed by atoms with E-state index in [1.165, 1.54) is 0 Å². The molecule has 1 heterocycles. The third kappa shape index (κ3) is 6.03. The lowest BCUT2D eigenvalue weighted by atomic mass is 10.2. The number of carbonyl (C=O) groups excluding carboxylic acids is 1. The number of hydrogen-bond acceptors (Lipinski definition) is 3. The van der Waals surface area contributed by atoms with Crippen LogP contribution in [0.5, 0.6) is 0 Å². The Morgan fingerprint density at radius 1 is 1.35 bits per heavy atom. The number of amides is 1. The van der Waals surface area contributed by atoms with Crippen molar-refractivity contribution in [3.05, 3.63) is 46.2 Å². The molecule has 0 saturated heterocycles. The molecular weight excluding hydrogens is 374 g/mol. The first-order valence-corrected chi connectivity index (χ1v) is 9.38. The topological polar surface area (TPSA) is 46.9 Å². The molecule has 1 atom stereocenters. The molecule has 1 aromatic carbocycles. The van der Waals surface area contributed by atoms with Crippen molar-refractivity contribution in [2.75, 3.05) is 12.3 Å². The zero-order valence-corrected chi connectivity index (χ0v) is 16.1. The van der Waals surface area contributed by atoms with Gasteiger partial charge in [0.05, 0.1) is 11.4 Å². The van der Waals surface area contributed by atoms with Gasteiger partial charge in [-0.15, -0.1) is 11.8 Å². The van der Waals surface area contributed by atoms with Gasteiger partial charge in [-0.3, -0.25) is 9.48 Å². The van der Waals surface area contributed by atoms with Gasteiger partial charge in [-0.25, -0.2) is 0 Å². The Hall–Kier alpha value is -1.27. The summed E-state index contributed by atoms with van der Waals surface area (Å²) in [5, 5.41) is 7.46. The lowest BCUT2D eigenvalue weighted by Crippen LogP contribution is -2.31. The maximum Gasteiger partial charge on any atom is 0.230 e. The van der Waals surface area contributed by atoms with E-state index in [1.54, 1.807) is 11.8 Å². The van der Waals surface area contributed by atoms with Gasteiger partial charge >= 0.3 is 0 Å². The zero-order valence-electron chi connectivity index (χ0n) is 13.7. The quantitative estimate of drug-likeness (QED) is 0.724. The van der Waals surface area contributed by atoms with Crippen LogP contribution in [0, 0.1) is 19.8 Å². The first-order chi connectivity index (χ1) is 10.9. The van der Waals surface area contributed by atoms with E-state index in [-0.39, 0.29) is 5.91 Å². The van der Waals surface area contributed by atoms with Gasteiger partial charge in [-0.2, -0.15) is 5.10 Å². The van der Waals surface area contributed by atoms with E-state index in [2.05, 4.69) is 46.3 Å². The van der Waals surface area contributed by atoms with Crippen LogP contribution < -0.4 is 5.32 Å². The number of halogens is 1. The van der Waals surface area contributed by atoms with E-state index in [4.69, 9.17) is 0 Å². The highest BCUT2D eigenvalue weighted by Gasteiger charge is 2.09. The average Bonchev–Trinajstić information content (AvgIpc) is 2.82. The van der Waals surface area contributed by atoms with Crippen molar-refractivity contribution in [1.29, 1.82) is 0 Å². The number of hydrogen-bond donors (Lipinski definition) is 1. The number of nitrogens with one attached hydrogen (secondary N) is 1. The maximum atomic E-state index is 11.9.